The van der Waals surface area contributed by atoms with Crippen molar-refractivity contribution in [3.63, 3.8) is 0 Å². The molecule has 0 heterocycles. The Morgan fingerprint density at radius 3 is 1.63 bits per heavy atom. The van der Waals surface area contributed by atoms with Crippen molar-refractivity contribution in [3.8, 4) is 22.3 Å². The zero-order valence-corrected chi connectivity index (χ0v) is 15.6. The summed E-state index contributed by atoms with van der Waals surface area (Å²) >= 11 is 11.6. The number of hydrogen-bond donors (Lipinski definition) is 1. The second-order valence-electron chi connectivity index (χ2n) is 5.64. The van der Waals surface area contributed by atoms with Crippen LogP contribution in [0.25, 0.3) is 22.3 Å². The van der Waals surface area contributed by atoms with E-state index in [1.54, 1.807) is 0 Å². The Hall–Kier alpha value is -2.06. The van der Waals surface area contributed by atoms with Gasteiger partial charge in [0, 0.05) is 0 Å². The Balaban J connectivity index is 2.24. The second-order valence-corrected chi connectivity index (χ2v) is 8.01. The summed E-state index contributed by atoms with van der Waals surface area (Å²) in [4.78, 5) is -0.136. The van der Waals surface area contributed by atoms with Gasteiger partial charge in [-0.15, -0.1) is 0 Å². The highest BCUT2D eigenvalue weighted by Gasteiger charge is 2.17. The predicted molar refractivity (Wildman–Crippen MR) is 98.6 cm³/mol. The number of hydrogen-bond acceptors (Lipinski definition) is 2. The van der Waals surface area contributed by atoms with E-state index in [0.717, 1.165) is 12.1 Å². The summed E-state index contributed by atoms with van der Waals surface area (Å²) in [6.45, 7) is 0. The molecule has 3 aromatic carbocycles. The van der Waals surface area contributed by atoms with Gasteiger partial charge in [-0.1, -0.05) is 35.3 Å². The molecule has 0 atom stereocenters. The van der Waals surface area contributed by atoms with Gasteiger partial charge in [0.25, 0.3) is 0 Å². The molecule has 0 bridgehead atoms. The first-order valence-electron chi connectivity index (χ1n) is 7.35. The Labute approximate surface area is 163 Å². The third kappa shape index (κ3) is 3.96. The Morgan fingerprint density at radius 2 is 1.19 bits per heavy atom. The van der Waals surface area contributed by atoms with Gasteiger partial charge in [0.15, 0.2) is 17.5 Å². The molecule has 0 saturated heterocycles. The van der Waals surface area contributed by atoms with Gasteiger partial charge in [-0.25, -0.2) is 26.7 Å². The van der Waals surface area contributed by atoms with Crippen LogP contribution in [0, 0.1) is 17.5 Å². The van der Waals surface area contributed by atoms with Gasteiger partial charge in [0.1, 0.15) is 0 Å². The van der Waals surface area contributed by atoms with Crippen LogP contribution in [0.4, 0.5) is 13.2 Å². The van der Waals surface area contributed by atoms with Crippen molar-refractivity contribution < 1.29 is 21.6 Å². The Bertz CT molecular complexity index is 1130. The van der Waals surface area contributed by atoms with Gasteiger partial charge in [0.05, 0.1) is 14.9 Å². The molecule has 3 aromatic rings. The lowest BCUT2D eigenvalue weighted by molar-refractivity contribution is 0.509. The summed E-state index contributed by atoms with van der Waals surface area (Å²) in [6.07, 6.45) is 0. The SMILES string of the molecule is NS(=O)(=O)c1ccc(-c2cc(F)c(F)cc2-c2cc(Cl)c(F)c(Cl)c2)cc1. The molecule has 0 aromatic heterocycles. The standard InChI is InChI=1S/C18H10Cl2F3NO2S/c19-14-5-10(6-15(20)18(14)23)13-8-17(22)16(21)7-12(13)9-1-3-11(4-2-9)27(24,25)26/h1-8H,(H2,24,25,26). The lowest BCUT2D eigenvalue weighted by Gasteiger charge is -2.13. The maximum absolute atomic E-state index is 13.9. The molecule has 27 heavy (non-hydrogen) atoms. The molecule has 3 rings (SSSR count). The van der Waals surface area contributed by atoms with Crippen molar-refractivity contribution in [3.05, 3.63) is 76.0 Å². The summed E-state index contributed by atoms with van der Waals surface area (Å²) in [6, 6.07) is 9.60. The molecule has 0 radical (unpaired) electrons. The average molecular weight is 432 g/mol. The topological polar surface area (TPSA) is 60.2 Å². The minimum Gasteiger partial charge on any atom is -0.225 e. The minimum absolute atomic E-state index is 0.136. The van der Waals surface area contributed by atoms with Crippen LogP contribution in [0.3, 0.4) is 0 Å². The number of primary sulfonamides is 1. The zero-order valence-electron chi connectivity index (χ0n) is 13.3. The first-order valence-corrected chi connectivity index (χ1v) is 9.65. The van der Waals surface area contributed by atoms with Crippen molar-refractivity contribution in [1.29, 1.82) is 0 Å². The molecule has 2 N–H and O–H groups in total. The van der Waals surface area contributed by atoms with Crippen molar-refractivity contribution in [2.45, 2.75) is 4.90 Å². The van der Waals surface area contributed by atoms with E-state index >= 15 is 0 Å². The smallest absolute Gasteiger partial charge is 0.225 e. The van der Waals surface area contributed by atoms with Gasteiger partial charge < -0.3 is 0 Å². The van der Waals surface area contributed by atoms with E-state index in [9.17, 15) is 21.6 Å². The highest BCUT2D eigenvalue weighted by Crippen LogP contribution is 2.37. The molecule has 0 unspecified atom stereocenters. The lowest BCUT2D eigenvalue weighted by atomic mass is 9.94. The summed E-state index contributed by atoms with van der Waals surface area (Å²) in [5.41, 5.74) is 1.07. The molecule has 0 saturated carbocycles. The van der Waals surface area contributed by atoms with Crippen molar-refractivity contribution in [2.75, 3.05) is 0 Å². The third-order valence-electron chi connectivity index (χ3n) is 3.85. The molecule has 0 spiro atoms. The highest BCUT2D eigenvalue weighted by molar-refractivity contribution is 7.89. The summed E-state index contributed by atoms with van der Waals surface area (Å²) < 4.78 is 64.1. The molecule has 0 amide bonds. The van der Waals surface area contributed by atoms with Gasteiger partial charge in [0.2, 0.25) is 10.0 Å². The van der Waals surface area contributed by atoms with Gasteiger partial charge in [-0.2, -0.15) is 0 Å². The number of rotatable bonds is 3. The Kier molecular flexibility index (Phi) is 5.22. The molecule has 0 aliphatic heterocycles. The van der Waals surface area contributed by atoms with E-state index in [1.807, 2.05) is 0 Å². The van der Waals surface area contributed by atoms with E-state index in [-0.39, 0.29) is 31.6 Å². The van der Waals surface area contributed by atoms with Crippen LogP contribution < -0.4 is 5.14 Å². The maximum Gasteiger partial charge on any atom is 0.238 e. The summed E-state index contributed by atoms with van der Waals surface area (Å²) in [5, 5.41) is 4.50. The largest absolute Gasteiger partial charge is 0.238 e. The normalized spacial score (nSPS) is 11.6. The molecular formula is C18H10Cl2F3NO2S. The van der Waals surface area contributed by atoms with Crippen LogP contribution in [-0.2, 0) is 10.0 Å². The first-order chi connectivity index (χ1) is 12.6. The molecule has 0 fully saturated rings. The zero-order chi connectivity index (χ0) is 19.9. The number of benzene rings is 3. The van der Waals surface area contributed by atoms with Crippen molar-refractivity contribution >= 4 is 33.2 Å². The summed E-state index contributed by atoms with van der Waals surface area (Å²) in [7, 11) is -3.91. The van der Waals surface area contributed by atoms with Crippen LogP contribution in [0.2, 0.25) is 10.0 Å². The second kappa shape index (κ2) is 7.16. The van der Waals surface area contributed by atoms with Crippen LogP contribution in [0.15, 0.2) is 53.4 Å². The number of nitrogens with two attached hydrogens (primary N) is 1. The fraction of sp³-hybridized carbons (Fsp3) is 0. The van der Waals surface area contributed by atoms with Crippen molar-refractivity contribution in [1.82, 2.24) is 0 Å². The van der Waals surface area contributed by atoms with Crippen LogP contribution >= 0.6 is 23.2 Å². The van der Waals surface area contributed by atoms with Crippen LogP contribution in [0.1, 0.15) is 0 Å². The van der Waals surface area contributed by atoms with Gasteiger partial charge >= 0.3 is 0 Å². The van der Waals surface area contributed by atoms with Gasteiger partial charge in [-0.3, -0.25) is 0 Å². The molecule has 3 nitrogen and oxygen atoms in total. The summed E-state index contributed by atoms with van der Waals surface area (Å²) in [5.74, 6) is -3.06. The molecule has 140 valence electrons. The highest BCUT2D eigenvalue weighted by atomic mass is 35.5. The van der Waals surface area contributed by atoms with E-state index in [1.165, 1.54) is 36.4 Å². The number of sulfonamides is 1. The first kappa shape index (κ1) is 19.7. The quantitative estimate of drug-likeness (QED) is 0.564. The van der Waals surface area contributed by atoms with E-state index in [0.29, 0.717) is 5.56 Å². The monoisotopic (exact) mass is 431 g/mol. The molecule has 0 aliphatic rings. The van der Waals surface area contributed by atoms with Crippen LogP contribution in [-0.4, -0.2) is 8.42 Å². The lowest BCUT2D eigenvalue weighted by Crippen LogP contribution is -2.11. The molecular weight excluding hydrogens is 422 g/mol. The fourth-order valence-electron chi connectivity index (χ4n) is 2.56. The van der Waals surface area contributed by atoms with E-state index in [2.05, 4.69) is 0 Å². The number of halogens is 5. The molecule has 0 aliphatic carbocycles. The van der Waals surface area contributed by atoms with E-state index < -0.39 is 27.5 Å². The predicted octanol–water partition coefficient (Wildman–Crippen LogP) is 5.39. The fourth-order valence-corrected chi connectivity index (χ4v) is 3.56. The average Bonchev–Trinajstić information content (AvgIpc) is 2.60. The van der Waals surface area contributed by atoms with Gasteiger partial charge in [-0.05, 0) is 58.7 Å². The van der Waals surface area contributed by atoms with Crippen molar-refractivity contribution in [2.24, 2.45) is 5.14 Å². The Morgan fingerprint density at radius 1 is 0.741 bits per heavy atom. The molecule has 9 heteroatoms. The minimum atomic E-state index is -3.91. The van der Waals surface area contributed by atoms with E-state index in [4.69, 9.17) is 28.3 Å². The maximum atomic E-state index is 13.9. The third-order valence-corrected chi connectivity index (χ3v) is 5.33. The van der Waals surface area contributed by atoms with Crippen LogP contribution in [0.5, 0.6) is 0 Å².